The van der Waals surface area contributed by atoms with Crippen molar-refractivity contribution in [3.05, 3.63) is 58.2 Å². The lowest BCUT2D eigenvalue weighted by molar-refractivity contribution is -0.129. The standard InChI is InChI=1S/C19H14ClF2NO5/c1-25-15-9-10(7-13(20)16(15)26-2)8-14-18(24)28-17(23-14)11-3-5-12(6-4-11)27-19(21)22/h3-9,19H,1-2H3/b14-8+. The van der Waals surface area contributed by atoms with Crippen molar-refractivity contribution in [3.63, 3.8) is 0 Å². The number of halogens is 3. The van der Waals surface area contributed by atoms with E-state index < -0.39 is 12.6 Å². The highest BCUT2D eigenvalue weighted by Gasteiger charge is 2.24. The number of methoxy groups -OCH3 is 2. The molecule has 0 radical (unpaired) electrons. The van der Waals surface area contributed by atoms with Gasteiger partial charge in [-0.1, -0.05) is 11.6 Å². The number of benzene rings is 2. The summed E-state index contributed by atoms with van der Waals surface area (Å²) in [5.74, 6) is 0.141. The van der Waals surface area contributed by atoms with E-state index in [1.165, 1.54) is 44.6 Å². The number of carbonyl (C=O) groups is 1. The zero-order valence-corrected chi connectivity index (χ0v) is 15.5. The molecule has 3 rings (SSSR count). The Morgan fingerprint density at radius 1 is 1.14 bits per heavy atom. The van der Waals surface area contributed by atoms with Gasteiger partial charge in [0.15, 0.2) is 17.2 Å². The lowest BCUT2D eigenvalue weighted by atomic mass is 10.1. The molecule has 1 aliphatic rings. The van der Waals surface area contributed by atoms with E-state index in [-0.39, 0.29) is 17.3 Å². The van der Waals surface area contributed by atoms with Gasteiger partial charge in [-0.15, -0.1) is 0 Å². The molecule has 0 saturated carbocycles. The summed E-state index contributed by atoms with van der Waals surface area (Å²) >= 11 is 6.16. The van der Waals surface area contributed by atoms with Gasteiger partial charge in [-0.05, 0) is 48.0 Å². The summed E-state index contributed by atoms with van der Waals surface area (Å²) in [5, 5.41) is 0.305. The summed E-state index contributed by atoms with van der Waals surface area (Å²) in [6.45, 7) is -2.92. The molecule has 0 bridgehead atoms. The lowest BCUT2D eigenvalue weighted by Gasteiger charge is -2.10. The first-order chi connectivity index (χ1) is 13.4. The summed E-state index contributed by atoms with van der Waals surface area (Å²) in [4.78, 5) is 16.3. The number of aliphatic imine (C=N–C) groups is 1. The van der Waals surface area contributed by atoms with Gasteiger partial charge in [0, 0.05) is 5.56 Å². The van der Waals surface area contributed by atoms with E-state index in [4.69, 9.17) is 25.8 Å². The fourth-order valence-electron chi connectivity index (χ4n) is 2.49. The number of alkyl halides is 2. The van der Waals surface area contributed by atoms with Gasteiger partial charge in [0.2, 0.25) is 5.90 Å². The van der Waals surface area contributed by atoms with Crippen molar-refractivity contribution in [2.45, 2.75) is 6.61 Å². The number of hydrogen-bond donors (Lipinski definition) is 0. The molecule has 9 heteroatoms. The Labute approximate surface area is 163 Å². The van der Waals surface area contributed by atoms with Gasteiger partial charge < -0.3 is 18.9 Å². The average molecular weight is 410 g/mol. The van der Waals surface area contributed by atoms with E-state index in [2.05, 4.69) is 9.73 Å². The molecule has 1 aliphatic heterocycles. The lowest BCUT2D eigenvalue weighted by Crippen LogP contribution is -2.06. The zero-order valence-electron chi connectivity index (χ0n) is 14.7. The fourth-order valence-corrected chi connectivity index (χ4v) is 2.79. The highest BCUT2D eigenvalue weighted by atomic mass is 35.5. The molecule has 6 nitrogen and oxygen atoms in total. The third kappa shape index (κ3) is 4.23. The largest absolute Gasteiger partial charge is 0.493 e. The second-order valence-corrected chi connectivity index (χ2v) is 5.88. The second-order valence-electron chi connectivity index (χ2n) is 5.48. The molecule has 0 spiro atoms. The third-order valence-corrected chi connectivity index (χ3v) is 3.99. The highest BCUT2D eigenvalue weighted by Crippen LogP contribution is 2.37. The molecule has 2 aromatic rings. The van der Waals surface area contributed by atoms with Gasteiger partial charge in [-0.3, -0.25) is 0 Å². The first-order valence-electron chi connectivity index (χ1n) is 7.90. The highest BCUT2D eigenvalue weighted by molar-refractivity contribution is 6.32. The minimum absolute atomic E-state index is 0.0144. The molecular formula is C19H14ClF2NO5. The van der Waals surface area contributed by atoms with Crippen molar-refractivity contribution in [1.29, 1.82) is 0 Å². The fraction of sp³-hybridized carbons (Fsp3) is 0.158. The summed E-state index contributed by atoms with van der Waals surface area (Å²) in [6.07, 6.45) is 1.48. The molecule has 0 amide bonds. The van der Waals surface area contributed by atoms with Crippen LogP contribution in [0.3, 0.4) is 0 Å². The van der Waals surface area contributed by atoms with E-state index in [0.717, 1.165) is 0 Å². The maximum absolute atomic E-state index is 12.2. The molecule has 2 aromatic carbocycles. The summed E-state index contributed by atoms with van der Waals surface area (Å²) in [7, 11) is 2.93. The molecule has 28 heavy (non-hydrogen) atoms. The minimum Gasteiger partial charge on any atom is -0.493 e. The summed E-state index contributed by atoms with van der Waals surface area (Å²) in [6, 6.07) is 8.80. The van der Waals surface area contributed by atoms with Crippen LogP contribution < -0.4 is 14.2 Å². The van der Waals surface area contributed by atoms with Crippen molar-refractivity contribution in [1.82, 2.24) is 0 Å². The second kappa shape index (κ2) is 8.26. The Bertz CT molecular complexity index is 958. The number of carbonyl (C=O) groups excluding carboxylic acids is 1. The Kier molecular flexibility index (Phi) is 5.79. The van der Waals surface area contributed by atoms with Crippen LogP contribution in [0.5, 0.6) is 17.2 Å². The van der Waals surface area contributed by atoms with Gasteiger partial charge in [0.05, 0.1) is 19.2 Å². The average Bonchev–Trinajstić information content (AvgIpc) is 3.01. The quantitative estimate of drug-likeness (QED) is 0.525. The Morgan fingerprint density at radius 3 is 2.46 bits per heavy atom. The van der Waals surface area contributed by atoms with Crippen molar-refractivity contribution < 1.29 is 32.5 Å². The van der Waals surface area contributed by atoms with Crippen LogP contribution in [0.15, 0.2) is 47.1 Å². The van der Waals surface area contributed by atoms with E-state index in [0.29, 0.717) is 27.6 Å². The van der Waals surface area contributed by atoms with Gasteiger partial charge in [0.25, 0.3) is 0 Å². The topological polar surface area (TPSA) is 66.3 Å². The van der Waals surface area contributed by atoms with Gasteiger partial charge in [-0.25, -0.2) is 9.79 Å². The molecule has 146 valence electrons. The Balaban J connectivity index is 1.88. The smallest absolute Gasteiger partial charge is 0.387 e. The number of rotatable bonds is 6. The molecule has 1 heterocycles. The SMILES string of the molecule is COc1cc(/C=C2/N=C(c3ccc(OC(F)F)cc3)OC2=O)cc(Cl)c1OC. The molecular weight excluding hydrogens is 396 g/mol. The summed E-state index contributed by atoms with van der Waals surface area (Å²) in [5.41, 5.74) is 1.04. The van der Waals surface area contributed by atoms with E-state index in [1.54, 1.807) is 12.1 Å². The Morgan fingerprint density at radius 2 is 1.86 bits per heavy atom. The van der Waals surface area contributed by atoms with Crippen LogP contribution >= 0.6 is 11.6 Å². The summed E-state index contributed by atoms with van der Waals surface area (Å²) < 4.78 is 44.2. The predicted octanol–water partition coefficient (Wildman–Crippen LogP) is 4.30. The van der Waals surface area contributed by atoms with Crippen molar-refractivity contribution >= 4 is 29.5 Å². The van der Waals surface area contributed by atoms with Crippen LogP contribution in [0.2, 0.25) is 5.02 Å². The number of hydrogen-bond acceptors (Lipinski definition) is 6. The molecule has 0 aromatic heterocycles. The first-order valence-corrected chi connectivity index (χ1v) is 8.28. The van der Waals surface area contributed by atoms with Gasteiger partial charge in [0.1, 0.15) is 5.75 Å². The number of nitrogens with zero attached hydrogens (tertiary/aromatic N) is 1. The van der Waals surface area contributed by atoms with E-state index in [1.807, 2.05) is 0 Å². The normalized spacial score (nSPS) is 14.9. The van der Waals surface area contributed by atoms with Crippen LogP contribution in [-0.4, -0.2) is 32.7 Å². The number of ether oxygens (including phenoxy) is 4. The van der Waals surface area contributed by atoms with Crippen molar-refractivity contribution in [2.24, 2.45) is 4.99 Å². The number of cyclic esters (lactones) is 1. The van der Waals surface area contributed by atoms with Gasteiger partial charge in [-0.2, -0.15) is 8.78 Å². The molecule has 0 atom stereocenters. The van der Waals surface area contributed by atoms with Crippen LogP contribution in [-0.2, 0) is 9.53 Å². The zero-order chi connectivity index (χ0) is 20.3. The molecule has 0 N–H and O–H groups in total. The van der Waals surface area contributed by atoms with Gasteiger partial charge >= 0.3 is 12.6 Å². The molecule has 0 unspecified atom stereocenters. The minimum atomic E-state index is -2.92. The molecule has 0 aliphatic carbocycles. The van der Waals surface area contributed by atoms with Crippen LogP contribution in [0.1, 0.15) is 11.1 Å². The predicted molar refractivity (Wildman–Crippen MR) is 98.2 cm³/mol. The first kappa shape index (κ1) is 19.6. The van der Waals surface area contributed by atoms with Crippen LogP contribution in [0.25, 0.3) is 6.08 Å². The molecule has 0 fully saturated rings. The monoisotopic (exact) mass is 409 g/mol. The third-order valence-electron chi connectivity index (χ3n) is 3.71. The Hall–Kier alpha value is -3.13. The molecule has 0 saturated heterocycles. The van der Waals surface area contributed by atoms with Crippen molar-refractivity contribution in [2.75, 3.05) is 14.2 Å². The van der Waals surface area contributed by atoms with Crippen LogP contribution in [0.4, 0.5) is 8.78 Å². The maximum Gasteiger partial charge on any atom is 0.387 e. The van der Waals surface area contributed by atoms with Crippen LogP contribution in [0, 0.1) is 0 Å². The number of esters is 1. The van der Waals surface area contributed by atoms with E-state index in [9.17, 15) is 13.6 Å². The van der Waals surface area contributed by atoms with Crippen molar-refractivity contribution in [3.8, 4) is 17.2 Å². The maximum atomic E-state index is 12.2. The van der Waals surface area contributed by atoms with E-state index >= 15 is 0 Å².